The third-order valence-electron chi connectivity index (χ3n) is 6.58. The highest BCUT2D eigenvalue weighted by molar-refractivity contribution is 7.99. The third-order valence-corrected chi connectivity index (χ3v) is 8.03. The Morgan fingerprint density at radius 3 is 1.75 bits per heavy atom. The van der Waals surface area contributed by atoms with E-state index in [-0.39, 0.29) is 34.2 Å². The average molecular weight is 557 g/mol. The van der Waals surface area contributed by atoms with Crippen LogP contribution >= 0.6 is 46.6 Å². The fraction of sp³-hybridized carbons (Fsp3) is 0.259. The predicted molar refractivity (Wildman–Crippen MR) is 148 cm³/mol. The molecule has 36 heavy (non-hydrogen) atoms. The largest absolute Gasteiger partial charge is 0.319 e. The first-order valence-corrected chi connectivity index (χ1v) is 13.8. The summed E-state index contributed by atoms with van der Waals surface area (Å²) in [6.07, 6.45) is 0. The van der Waals surface area contributed by atoms with Crippen molar-refractivity contribution in [2.45, 2.75) is 28.7 Å². The Labute approximate surface area is 230 Å². The molecule has 0 bridgehead atoms. The molecule has 2 aromatic carbocycles. The van der Waals surface area contributed by atoms with Crippen LogP contribution in [0.25, 0.3) is 0 Å². The molecule has 0 unspecified atom stereocenters. The van der Waals surface area contributed by atoms with Crippen molar-refractivity contribution < 1.29 is 0 Å². The Kier molecular flexibility index (Phi) is 8.09. The molecule has 2 aromatic heterocycles. The molecule has 4 aromatic rings. The lowest BCUT2D eigenvalue weighted by molar-refractivity contribution is 0.219. The fourth-order valence-electron chi connectivity index (χ4n) is 5.16. The molecule has 1 fully saturated rings. The lowest BCUT2D eigenvalue weighted by atomic mass is 9.50. The van der Waals surface area contributed by atoms with Crippen LogP contribution in [0.3, 0.4) is 0 Å². The van der Waals surface area contributed by atoms with E-state index in [4.69, 9.17) is 39.8 Å². The molecule has 1 aliphatic carbocycles. The van der Waals surface area contributed by atoms with Gasteiger partial charge in [-0.25, -0.2) is 19.9 Å². The Hall–Kier alpha value is -2.22. The predicted octanol–water partition coefficient (Wildman–Crippen LogP) is 6.99. The van der Waals surface area contributed by atoms with Crippen LogP contribution in [-0.2, 0) is 0 Å². The maximum Gasteiger partial charge on any atom is 0.224 e. The average Bonchev–Trinajstić information content (AvgIpc) is 2.84. The molecule has 1 N–H and O–H groups in total. The van der Waals surface area contributed by atoms with Gasteiger partial charge < -0.3 is 5.32 Å². The SMILES string of the molecule is CNCCSc1cc([C@H]2[C@@H](c3ccccc3)[C@H](c3cc(Cl)nc(Cl)n3)[C@@H]2c2ccccc2)nc(Cl)n1. The molecule has 0 amide bonds. The van der Waals surface area contributed by atoms with E-state index in [2.05, 4.69) is 74.9 Å². The highest BCUT2D eigenvalue weighted by Gasteiger charge is 2.54. The Morgan fingerprint density at radius 2 is 1.22 bits per heavy atom. The van der Waals surface area contributed by atoms with E-state index in [1.165, 1.54) is 11.1 Å². The molecule has 0 aliphatic heterocycles. The zero-order chi connectivity index (χ0) is 25.1. The number of nitrogens with zero attached hydrogens (tertiary/aromatic N) is 4. The molecule has 1 saturated carbocycles. The maximum absolute atomic E-state index is 6.46. The molecule has 0 saturated heterocycles. The first-order chi connectivity index (χ1) is 17.5. The Bertz CT molecular complexity index is 1260. The van der Waals surface area contributed by atoms with Crippen molar-refractivity contribution in [3.8, 4) is 0 Å². The number of thioether (sulfide) groups is 1. The zero-order valence-corrected chi connectivity index (χ0v) is 22.6. The van der Waals surface area contributed by atoms with Crippen molar-refractivity contribution in [2.24, 2.45) is 0 Å². The van der Waals surface area contributed by atoms with Crippen molar-refractivity contribution in [3.05, 3.63) is 111 Å². The van der Waals surface area contributed by atoms with Gasteiger partial charge in [0.1, 0.15) is 10.2 Å². The lowest BCUT2D eigenvalue weighted by Gasteiger charge is -2.52. The fourth-order valence-corrected chi connectivity index (χ4v) is 6.69. The van der Waals surface area contributed by atoms with Crippen LogP contribution in [0.15, 0.2) is 77.8 Å². The van der Waals surface area contributed by atoms with Gasteiger partial charge in [0, 0.05) is 36.0 Å². The highest BCUT2D eigenvalue weighted by atomic mass is 35.5. The molecular weight excluding hydrogens is 533 g/mol. The number of aromatic nitrogens is 4. The first kappa shape index (κ1) is 25.4. The standard InChI is InChI=1S/C27H24Cl3N5S/c1-31-12-13-36-21-15-19(33-27(30)35-21)25-22(16-8-4-2-5-9-16)24(18-14-20(28)34-26(29)32-18)23(25)17-10-6-3-7-11-17/h2-11,14-15,22-25,31H,12-13H2,1H3/t22-,23-,24-,25-/m0/s1. The molecule has 0 radical (unpaired) electrons. The van der Waals surface area contributed by atoms with Crippen LogP contribution < -0.4 is 5.32 Å². The second kappa shape index (κ2) is 11.4. The quantitative estimate of drug-likeness (QED) is 0.109. The highest BCUT2D eigenvalue weighted by Crippen LogP contribution is 2.66. The van der Waals surface area contributed by atoms with Crippen LogP contribution in [0.5, 0.6) is 0 Å². The molecule has 1 aliphatic rings. The second-order valence-electron chi connectivity index (χ2n) is 8.66. The summed E-state index contributed by atoms with van der Waals surface area (Å²) < 4.78 is 0. The van der Waals surface area contributed by atoms with Gasteiger partial charge >= 0.3 is 0 Å². The molecule has 2 heterocycles. The van der Waals surface area contributed by atoms with Gasteiger partial charge in [-0.05, 0) is 53.5 Å². The second-order valence-corrected chi connectivity index (χ2v) is 10.8. The smallest absolute Gasteiger partial charge is 0.224 e. The molecular formula is C27H24Cl3N5S. The van der Waals surface area contributed by atoms with Crippen LogP contribution in [0.2, 0.25) is 15.7 Å². The number of nitrogens with one attached hydrogen (secondary N) is 1. The van der Waals surface area contributed by atoms with E-state index in [1.54, 1.807) is 11.8 Å². The number of benzene rings is 2. The minimum Gasteiger partial charge on any atom is -0.319 e. The van der Waals surface area contributed by atoms with E-state index in [0.717, 1.165) is 28.7 Å². The maximum atomic E-state index is 6.46. The molecule has 9 heteroatoms. The van der Waals surface area contributed by atoms with E-state index in [9.17, 15) is 0 Å². The monoisotopic (exact) mass is 555 g/mol. The molecule has 5 rings (SSSR count). The summed E-state index contributed by atoms with van der Waals surface area (Å²) >= 11 is 20.7. The molecule has 184 valence electrons. The van der Waals surface area contributed by atoms with Gasteiger partial charge in [0.15, 0.2) is 0 Å². The minimum atomic E-state index is 0.0203. The van der Waals surface area contributed by atoms with Gasteiger partial charge in [0.05, 0.1) is 11.4 Å². The van der Waals surface area contributed by atoms with Gasteiger partial charge in [0.2, 0.25) is 10.6 Å². The van der Waals surface area contributed by atoms with Gasteiger partial charge in [-0.1, -0.05) is 72.3 Å². The summed E-state index contributed by atoms with van der Waals surface area (Å²) in [5.74, 6) is 1.13. The van der Waals surface area contributed by atoms with Crippen LogP contribution in [-0.4, -0.2) is 39.3 Å². The van der Waals surface area contributed by atoms with Crippen LogP contribution in [0.4, 0.5) is 0 Å². The third kappa shape index (κ3) is 5.38. The van der Waals surface area contributed by atoms with Gasteiger partial charge in [-0.2, -0.15) is 0 Å². The van der Waals surface area contributed by atoms with Crippen molar-refractivity contribution in [3.63, 3.8) is 0 Å². The number of rotatable bonds is 8. The summed E-state index contributed by atoms with van der Waals surface area (Å²) in [5, 5.41) is 4.78. The van der Waals surface area contributed by atoms with E-state index < -0.39 is 0 Å². The first-order valence-electron chi connectivity index (χ1n) is 11.7. The van der Waals surface area contributed by atoms with Gasteiger partial charge in [-0.3, -0.25) is 0 Å². The van der Waals surface area contributed by atoms with Crippen molar-refractivity contribution in [1.29, 1.82) is 0 Å². The number of hydrogen-bond donors (Lipinski definition) is 1. The molecule has 2 atom stereocenters. The summed E-state index contributed by atoms with van der Waals surface area (Å²) in [7, 11) is 1.94. The number of hydrogen-bond acceptors (Lipinski definition) is 6. The summed E-state index contributed by atoms with van der Waals surface area (Å²) in [6, 6.07) is 24.8. The summed E-state index contributed by atoms with van der Waals surface area (Å²) in [4.78, 5) is 17.9. The Morgan fingerprint density at radius 1 is 0.694 bits per heavy atom. The van der Waals surface area contributed by atoms with Crippen LogP contribution in [0.1, 0.15) is 46.2 Å². The zero-order valence-electron chi connectivity index (χ0n) is 19.5. The molecule has 0 spiro atoms. The van der Waals surface area contributed by atoms with Crippen molar-refractivity contribution in [2.75, 3.05) is 19.3 Å². The van der Waals surface area contributed by atoms with E-state index in [0.29, 0.717) is 5.15 Å². The lowest BCUT2D eigenvalue weighted by Crippen LogP contribution is -2.41. The van der Waals surface area contributed by atoms with Crippen LogP contribution in [0, 0.1) is 0 Å². The minimum absolute atomic E-state index is 0.0203. The molecule has 5 nitrogen and oxygen atoms in total. The van der Waals surface area contributed by atoms with E-state index in [1.807, 2.05) is 25.2 Å². The number of halogens is 3. The van der Waals surface area contributed by atoms with Gasteiger partial charge in [-0.15, -0.1) is 11.8 Å². The topological polar surface area (TPSA) is 63.6 Å². The van der Waals surface area contributed by atoms with Gasteiger partial charge in [0.25, 0.3) is 0 Å². The van der Waals surface area contributed by atoms with E-state index >= 15 is 0 Å². The van der Waals surface area contributed by atoms with Crippen molar-refractivity contribution in [1.82, 2.24) is 25.3 Å². The van der Waals surface area contributed by atoms with Crippen molar-refractivity contribution >= 4 is 46.6 Å². The summed E-state index contributed by atoms with van der Waals surface area (Å²) in [5.41, 5.74) is 4.14. The summed E-state index contributed by atoms with van der Waals surface area (Å²) in [6.45, 7) is 0.877. The Balaban J connectivity index is 1.65. The normalized spacial score (nSPS) is 21.2.